The molecule has 1 saturated carbocycles. The molecule has 2 heterocycles. The van der Waals surface area contributed by atoms with Gasteiger partial charge >= 0.3 is 0 Å². The number of hydrogen-bond acceptors (Lipinski definition) is 4. The lowest BCUT2D eigenvalue weighted by molar-refractivity contribution is 0.311. The molecule has 2 fully saturated rings. The summed E-state index contributed by atoms with van der Waals surface area (Å²) in [5.74, 6) is 0. The van der Waals surface area contributed by atoms with Crippen molar-refractivity contribution in [3.63, 3.8) is 0 Å². The first-order chi connectivity index (χ1) is 10.00. The van der Waals surface area contributed by atoms with E-state index in [4.69, 9.17) is 0 Å². The van der Waals surface area contributed by atoms with Crippen LogP contribution in [-0.4, -0.2) is 49.1 Å². The number of sulfonamides is 1. The Kier molecular flexibility index (Phi) is 4.25. The lowest BCUT2D eigenvalue weighted by atomic mass is 10.0. The van der Waals surface area contributed by atoms with Gasteiger partial charge in [0.2, 0.25) is 10.0 Å². The summed E-state index contributed by atoms with van der Waals surface area (Å²) in [6.07, 6.45) is 6.99. The molecule has 7 heteroatoms. The van der Waals surface area contributed by atoms with Gasteiger partial charge in [0.15, 0.2) is 0 Å². The highest BCUT2D eigenvalue weighted by Gasteiger charge is 2.41. The van der Waals surface area contributed by atoms with Crippen LogP contribution in [-0.2, 0) is 10.0 Å². The number of piperidine rings is 1. The number of nitrogens with zero attached hydrogens (tertiary/aromatic N) is 3. The standard InChI is InChI=1S/C14H20BrN3O2S/c1-17(21(19,20)12-2-3-12)11-5-8-18(9-6-11)14-4-7-16-10-13(14)15/h4,7,10-12H,2-3,5-6,8-9H2,1H3. The van der Waals surface area contributed by atoms with E-state index in [9.17, 15) is 8.42 Å². The number of aromatic nitrogens is 1. The lowest BCUT2D eigenvalue weighted by Crippen LogP contribution is -2.46. The first kappa shape index (κ1) is 15.2. The quantitative estimate of drug-likeness (QED) is 0.811. The molecule has 1 aliphatic carbocycles. The van der Waals surface area contributed by atoms with E-state index < -0.39 is 10.0 Å². The number of anilines is 1. The third-order valence-electron chi connectivity index (χ3n) is 4.42. The summed E-state index contributed by atoms with van der Waals surface area (Å²) in [6, 6.07) is 2.13. The molecule has 0 aromatic carbocycles. The number of halogens is 1. The topological polar surface area (TPSA) is 53.5 Å². The molecule has 0 atom stereocenters. The van der Waals surface area contributed by atoms with Crippen LogP contribution in [0.3, 0.4) is 0 Å². The zero-order valence-corrected chi connectivity index (χ0v) is 14.5. The van der Waals surface area contributed by atoms with Crippen molar-refractivity contribution in [2.24, 2.45) is 0 Å². The zero-order valence-electron chi connectivity index (χ0n) is 12.1. The van der Waals surface area contributed by atoms with Gasteiger partial charge in [-0.15, -0.1) is 0 Å². The van der Waals surface area contributed by atoms with E-state index in [2.05, 4.69) is 25.8 Å². The third-order valence-corrected chi connectivity index (χ3v) is 7.44. The molecule has 5 nitrogen and oxygen atoms in total. The van der Waals surface area contributed by atoms with Gasteiger partial charge in [0.05, 0.1) is 15.4 Å². The van der Waals surface area contributed by atoms with E-state index in [0.29, 0.717) is 0 Å². The second-order valence-electron chi connectivity index (χ2n) is 5.81. The van der Waals surface area contributed by atoms with Gasteiger partial charge in [0, 0.05) is 38.6 Å². The minimum absolute atomic E-state index is 0.116. The van der Waals surface area contributed by atoms with Gasteiger partial charge in [-0.05, 0) is 47.7 Å². The molecule has 1 aliphatic heterocycles. The van der Waals surface area contributed by atoms with E-state index in [1.54, 1.807) is 23.7 Å². The summed E-state index contributed by atoms with van der Waals surface area (Å²) in [6.45, 7) is 1.75. The number of rotatable bonds is 4. The molecule has 1 aromatic heterocycles. The Labute approximate surface area is 134 Å². The van der Waals surface area contributed by atoms with E-state index in [1.165, 1.54) is 0 Å². The van der Waals surface area contributed by atoms with Crippen LogP contribution in [0.25, 0.3) is 0 Å². The predicted molar refractivity (Wildman–Crippen MR) is 86.9 cm³/mol. The van der Waals surface area contributed by atoms with E-state index in [-0.39, 0.29) is 11.3 Å². The molecule has 0 unspecified atom stereocenters. The average Bonchev–Trinajstić information content (AvgIpc) is 3.32. The summed E-state index contributed by atoms with van der Waals surface area (Å²) in [7, 11) is -1.31. The van der Waals surface area contributed by atoms with Crippen molar-refractivity contribution < 1.29 is 8.42 Å². The van der Waals surface area contributed by atoms with Gasteiger partial charge in [-0.1, -0.05) is 0 Å². The Bertz CT molecular complexity index is 610. The lowest BCUT2D eigenvalue weighted by Gasteiger charge is -2.37. The first-order valence-corrected chi connectivity index (χ1v) is 9.61. The van der Waals surface area contributed by atoms with Crippen molar-refractivity contribution in [2.75, 3.05) is 25.0 Å². The van der Waals surface area contributed by atoms with Crippen molar-refractivity contribution >= 4 is 31.6 Å². The molecular weight excluding hydrogens is 354 g/mol. The maximum atomic E-state index is 12.3. The largest absolute Gasteiger partial charge is 0.370 e. The zero-order chi connectivity index (χ0) is 15.0. The number of pyridine rings is 1. The Balaban J connectivity index is 1.64. The molecule has 116 valence electrons. The fourth-order valence-electron chi connectivity index (χ4n) is 2.90. The van der Waals surface area contributed by atoms with E-state index in [1.807, 2.05) is 6.07 Å². The molecule has 0 N–H and O–H groups in total. The van der Waals surface area contributed by atoms with Gasteiger partial charge in [-0.3, -0.25) is 4.98 Å². The Hall–Kier alpha value is -0.660. The minimum Gasteiger partial charge on any atom is -0.370 e. The fraction of sp³-hybridized carbons (Fsp3) is 0.643. The van der Waals surface area contributed by atoms with Crippen LogP contribution in [0.5, 0.6) is 0 Å². The molecule has 0 spiro atoms. The van der Waals surface area contributed by atoms with Crippen molar-refractivity contribution in [1.29, 1.82) is 0 Å². The summed E-state index contributed by atoms with van der Waals surface area (Å²) in [5.41, 5.74) is 1.14. The monoisotopic (exact) mass is 373 g/mol. The second kappa shape index (κ2) is 5.85. The second-order valence-corrected chi connectivity index (χ2v) is 8.93. The molecular formula is C14H20BrN3O2S. The van der Waals surface area contributed by atoms with Gasteiger partial charge < -0.3 is 4.90 Å². The minimum atomic E-state index is -3.06. The normalized spacial score (nSPS) is 21.0. The highest BCUT2D eigenvalue weighted by Crippen LogP contribution is 2.34. The van der Waals surface area contributed by atoms with Crippen LogP contribution in [0.1, 0.15) is 25.7 Å². The molecule has 1 saturated heterocycles. The summed E-state index contributed by atoms with van der Waals surface area (Å²) >= 11 is 3.52. The summed E-state index contributed by atoms with van der Waals surface area (Å²) < 4.78 is 27.2. The molecule has 21 heavy (non-hydrogen) atoms. The smallest absolute Gasteiger partial charge is 0.216 e. The maximum absolute atomic E-state index is 12.3. The van der Waals surface area contributed by atoms with E-state index >= 15 is 0 Å². The SMILES string of the molecule is CN(C1CCN(c2ccncc2Br)CC1)S(=O)(=O)C1CC1. The van der Waals surface area contributed by atoms with Crippen molar-refractivity contribution in [1.82, 2.24) is 9.29 Å². The highest BCUT2D eigenvalue weighted by molar-refractivity contribution is 9.10. The Morgan fingerprint density at radius 2 is 1.95 bits per heavy atom. The molecule has 0 radical (unpaired) electrons. The van der Waals surface area contributed by atoms with Crippen LogP contribution < -0.4 is 4.90 Å². The van der Waals surface area contributed by atoms with Crippen molar-refractivity contribution in [2.45, 2.75) is 37.0 Å². The maximum Gasteiger partial charge on any atom is 0.216 e. The van der Waals surface area contributed by atoms with Crippen molar-refractivity contribution in [3.8, 4) is 0 Å². The first-order valence-electron chi connectivity index (χ1n) is 7.31. The summed E-state index contributed by atoms with van der Waals surface area (Å²) in [4.78, 5) is 6.37. The van der Waals surface area contributed by atoms with Gasteiger partial charge in [0.1, 0.15) is 0 Å². The Morgan fingerprint density at radius 1 is 1.29 bits per heavy atom. The predicted octanol–water partition coefficient (Wildman–Crippen LogP) is 2.24. The molecule has 0 bridgehead atoms. The van der Waals surface area contributed by atoms with Crippen LogP contribution in [0, 0.1) is 0 Å². The van der Waals surface area contributed by atoms with Crippen molar-refractivity contribution in [3.05, 3.63) is 22.9 Å². The fourth-order valence-corrected chi connectivity index (χ4v) is 5.23. The van der Waals surface area contributed by atoms with Crippen LogP contribution >= 0.6 is 15.9 Å². The highest BCUT2D eigenvalue weighted by atomic mass is 79.9. The van der Waals surface area contributed by atoms with Crippen LogP contribution in [0.2, 0.25) is 0 Å². The molecule has 1 aromatic rings. The molecule has 3 rings (SSSR count). The van der Waals surface area contributed by atoms with Gasteiger partial charge in [0.25, 0.3) is 0 Å². The van der Waals surface area contributed by atoms with Gasteiger partial charge in [-0.2, -0.15) is 0 Å². The average molecular weight is 374 g/mol. The molecule has 2 aliphatic rings. The van der Waals surface area contributed by atoms with Crippen LogP contribution in [0.4, 0.5) is 5.69 Å². The molecule has 0 amide bonds. The third kappa shape index (κ3) is 3.10. The number of hydrogen-bond donors (Lipinski definition) is 0. The van der Waals surface area contributed by atoms with E-state index in [0.717, 1.165) is 48.9 Å². The van der Waals surface area contributed by atoms with Crippen LogP contribution in [0.15, 0.2) is 22.9 Å². The van der Waals surface area contributed by atoms with Gasteiger partial charge in [-0.25, -0.2) is 12.7 Å². The Morgan fingerprint density at radius 3 is 2.52 bits per heavy atom. The summed E-state index contributed by atoms with van der Waals surface area (Å²) in [5, 5.41) is -0.116.